The lowest BCUT2D eigenvalue weighted by Gasteiger charge is -2.04. The standard InChI is InChI=1S/C22H20O2S2/c1-5-21(23)26-20-13-10-18(14-16(20)4)7-6-17-8-11-19(12-9-17)25-22(24)15(2)3/h5-14H,1-2H2,3-4H3. The SMILES string of the molecule is C=CC(=O)Sc1ccc(C=Cc2ccc(SC(=O)C(=C)C)cc2)cc1C. The third-order valence-electron chi connectivity index (χ3n) is 3.48. The number of rotatable bonds is 6. The van der Waals surface area contributed by atoms with Crippen molar-refractivity contribution in [3.8, 4) is 0 Å². The molecule has 0 aliphatic rings. The average Bonchev–Trinajstić information content (AvgIpc) is 2.62. The Morgan fingerprint density at radius 3 is 2.15 bits per heavy atom. The van der Waals surface area contributed by atoms with Gasteiger partial charge in [0.15, 0.2) is 0 Å². The summed E-state index contributed by atoms with van der Waals surface area (Å²) in [5, 5.41) is -0.0730. The minimum absolute atomic E-state index is 0.0170. The largest absolute Gasteiger partial charge is 0.282 e. The van der Waals surface area contributed by atoms with E-state index in [2.05, 4.69) is 13.2 Å². The van der Waals surface area contributed by atoms with Crippen LogP contribution in [0.25, 0.3) is 12.2 Å². The zero-order valence-corrected chi connectivity index (χ0v) is 16.5. The van der Waals surface area contributed by atoms with Crippen LogP contribution in [-0.2, 0) is 9.59 Å². The fourth-order valence-corrected chi connectivity index (χ4v) is 3.39. The minimum atomic E-state index is -0.0560. The van der Waals surface area contributed by atoms with Gasteiger partial charge in [-0.05, 0) is 83.9 Å². The number of hydrogen-bond acceptors (Lipinski definition) is 4. The van der Waals surface area contributed by atoms with Crippen molar-refractivity contribution >= 4 is 45.9 Å². The van der Waals surface area contributed by atoms with Crippen LogP contribution in [0.2, 0.25) is 0 Å². The quantitative estimate of drug-likeness (QED) is 0.341. The summed E-state index contributed by atoms with van der Waals surface area (Å²) in [6.45, 7) is 10.9. The fraction of sp³-hybridized carbons (Fsp3) is 0.0909. The monoisotopic (exact) mass is 380 g/mol. The van der Waals surface area contributed by atoms with Crippen molar-refractivity contribution in [3.63, 3.8) is 0 Å². The topological polar surface area (TPSA) is 34.1 Å². The van der Waals surface area contributed by atoms with Crippen molar-refractivity contribution in [2.45, 2.75) is 23.6 Å². The molecule has 0 N–H and O–H groups in total. The third-order valence-corrected chi connectivity index (χ3v) is 5.57. The first-order valence-electron chi connectivity index (χ1n) is 8.00. The van der Waals surface area contributed by atoms with Gasteiger partial charge in [0.25, 0.3) is 0 Å². The Balaban J connectivity index is 2.06. The molecule has 132 valence electrons. The Kier molecular flexibility index (Phi) is 7.25. The Bertz CT molecular complexity index is 878. The first kappa shape index (κ1) is 20.0. The zero-order chi connectivity index (χ0) is 19.1. The van der Waals surface area contributed by atoms with Gasteiger partial charge in [0.2, 0.25) is 10.2 Å². The molecule has 0 aromatic heterocycles. The molecule has 0 spiro atoms. The molecule has 0 fully saturated rings. The van der Waals surface area contributed by atoms with E-state index in [4.69, 9.17) is 0 Å². The van der Waals surface area contributed by atoms with E-state index in [9.17, 15) is 9.59 Å². The molecule has 0 aliphatic heterocycles. The maximum absolute atomic E-state index is 11.7. The van der Waals surface area contributed by atoms with E-state index >= 15 is 0 Å². The normalized spacial score (nSPS) is 10.7. The van der Waals surface area contributed by atoms with Gasteiger partial charge in [-0.25, -0.2) is 0 Å². The van der Waals surface area contributed by atoms with Crippen LogP contribution in [0.5, 0.6) is 0 Å². The molecule has 0 radical (unpaired) electrons. The van der Waals surface area contributed by atoms with Gasteiger partial charge in [0, 0.05) is 9.79 Å². The highest BCUT2D eigenvalue weighted by atomic mass is 32.2. The van der Waals surface area contributed by atoms with Crippen molar-refractivity contribution in [1.82, 2.24) is 0 Å². The van der Waals surface area contributed by atoms with Crippen LogP contribution in [-0.4, -0.2) is 10.2 Å². The van der Waals surface area contributed by atoms with Crippen molar-refractivity contribution in [2.24, 2.45) is 0 Å². The minimum Gasteiger partial charge on any atom is -0.282 e. The van der Waals surface area contributed by atoms with Crippen molar-refractivity contribution in [3.05, 3.63) is 84.0 Å². The van der Waals surface area contributed by atoms with E-state index in [1.807, 2.05) is 61.5 Å². The van der Waals surface area contributed by atoms with Gasteiger partial charge < -0.3 is 0 Å². The summed E-state index contributed by atoms with van der Waals surface area (Å²) in [4.78, 5) is 25.0. The molecule has 0 aliphatic carbocycles. The highest BCUT2D eigenvalue weighted by Gasteiger charge is 2.05. The summed E-state index contributed by atoms with van der Waals surface area (Å²) in [7, 11) is 0. The number of carbonyl (C=O) groups is 2. The second-order valence-electron chi connectivity index (χ2n) is 5.72. The Morgan fingerprint density at radius 1 is 0.962 bits per heavy atom. The molecule has 26 heavy (non-hydrogen) atoms. The van der Waals surface area contributed by atoms with Gasteiger partial charge in [0.05, 0.1) is 0 Å². The predicted molar refractivity (Wildman–Crippen MR) is 113 cm³/mol. The summed E-state index contributed by atoms with van der Waals surface area (Å²) in [6, 6.07) is 13.8. The van der Waals surface area contributed by atoms with Gasteiger partial charge in [-0.15, -0.1) is 0 Å². The smallest absolute Gasteiger partial charge is 0.219 e. The molecule has 0 atom stereocenters. The Morgan fingerprint density at radius 2 is 1.58 bits per heavy atom. The molecular formula is C22H20O2S2. The zero-order valence-electron chi connectivity index (χ0n) is 14.8. The van der Waals surface area contributed by atoms with Gasteiger partial charge in [-0.2, -0.15) is 0 Å². The summed E-state index contributed by atoms with van der Waals surface area (Å²) in [5.74, 6) is 0. The average molecular weight is 381 g/mol. The number of thioether (sulfide) groups is 2. The van der Waals surface area contributed by atoms with E-state index in [-0.39, 0.29) is 10.2 Å². The molecule has 0 saturated carbocycles. The first-order valence-corrected chi connectivity index (χ1v) is 9.63. The molecular weight excluding hydrogens is 360 g/mol. The van der Waals surface area contributed by atoms with E-state index in [0.717, 1.165) is 26.5 Å². The van der Waals surface area contributed by atoms with Crippen molar-refractivity contribution in [2.75, 3.05) is 0 Å². The van der Waals surface area contributed by atoms with Gasteiger partial charge in [0.1, 0.15) is 0 Å². The van der Waals surface area contributed by atoms with Gasteiger partial charge in [-0.1, -0.05) is 49.6 Å². The molecule has 2 aromatic rings. The molecule has 2 nitrogen and oxygen atoms in total. The maximum Gasteiger partial charge on any atom is 0.219 e. The Labute approximate surface area is 163 Å². The first-order chi connectivity index (χ1) is 12.4. The summed E-state index contributed by atoms with van der Waals surface area (Å²) >= 11 is 2.37. The molecule has 0 saturated heterocycles. The number of aryl methyl sites for hydroxylation is 1. The number of hydrogen-bond donors (Lipinski definition) is 0. The second-order valence-corrected chi connectivity index (χ2v) is 7.82. The predicted octanol–water partition coefficient (Wildman–Crippen LogP) is 6.16. The molecule has 0 heterocycles. The maximum atomic E-state index is 11.7. The summed E-state index contributed by atoms with van der Waals surface area (Å²) < 4.78 is 0. The molecule has 0 unspecified atom stereocenters. The second kappa shape index (κ2) is 9.41. The molecule has 0 amide bonds. The van der Waals surface area contributed by atoms with Gasteiger partial charge >= 0.3 is 0 Å². The fourth-order valence-electron chi connectivity index (χ4n) is 2.07. The van der Waals surface area contributed by atoms with E-state index in [1.165, 1.54) is 29.6 Å². The Hall–Kier alpha value is -2.30. The van der Waals surface area contributed by atoms with Crippen molar-refractivity contribution in [1.29, 1.82) is 0 Å². The van der Waals surface area contributed by atoms with Crippen LogP contribution in [0.3, 0.4) is 0 Å². The molecule has 2 rings (SSSR count). The third kappa shape index (κ3) is 5.90. The highest BCUT2D eigenvalue weighted by Crippen LogP contribution is 2.25. The van der Waals surface area contributed by atoms with Gasteiger partial charge in [-0.3, -0.25) is 9.59 Å². The lowest BCUT2D eigenvalue weighted by atomic mass is 10.1. The summed E-state index contributed by atoms with van der Waals surface area (Å²) in [5.41, 5.74) is 3.71. The molecule has 2 aromatic carbocycles. The van der Waals surface area contributed by atoms with Crippen LogP contribution in [0.15, 0.2) is 77.1 Å². The molecule has 4 heteroatoms. The lowest BCUT2D eigenvalue weighted by molar-refractivity contribution is -0.108. The van der Waals surface area contributed by atoms with Crippen LogP contribution < -0.4 is 0 Å². The van der Waals surface area contributed by atoms with Crippen LogP contribution in [0, 0.1) is 6.92 Å². The number of benzene rings is 2. The van der Waals surface area contributed by atoms with E-state index in [1.54, 1.807) is 6.92 Å². The van der Waals surface area contributed by atoms with Crippen molar-refractivity contribution < 1.29 is 9.59 Å². The van der Waals surface area contributed by atoms with E-state index in [0.29, 0.717) is 5.57 Å². The summed E-state index contributed by atoms with van der Waals surface area (Å²) in [6.07, 6.45) is 5.37. The molecule has 0 bridgehead atoms. The van der Waals surface area contributed by atoms with E-state index < -0.39 is 0 Å². The highest BCUT2D eigenvalue weighted by molar-refractivity contribution is 8.14. The van der Waals surface area contributed by atoms with Crippen LogP contribution in [0.4, 0.5) is 0 Å². The number of carbonyl (C=O) groups excluding carboxylic acids is 2. The van der Waals surface area contributed by atoms with Crippen LogP contribution in [0.1, 0.15) is 23.6 Å². The lowest BCUT2D eigenvalue weighted by Crippen LogP contribution is -1.90. The van der Waals surface area contributed by atoms with Crippen LogP contribution >= 0.6 is 23.5 Å².